The molecule has 0 radical (unpaired) electrons. The number of nitrogens with zero attached hydrogens (tertiary/aromatic N) is 2. The van der Waals surface area contributed by atoms with Crippen LogP contribution in [0, 0.1) is 0 Å². The van der Waals surface area contributed by atoms with Gasteiger partial charge < -0.3 is 10.1 Å². The van der Waals surface area contributed by atoms with E-state index < -0.39 is 0 Å². The molecule has 1 N–H and O–H groups in total. The lowest BCUT2D eigenvalue weighted by atomic mass is 10.1. The third kappa shape index (κ3) is 1.82. The second-order valence-electron chi connectivity index (χ2n) is 3.25. The molecule has 4 heteroatoms. The van der Waals surface area contributed by atoms with Crippen molar-refractivity contribution in [2.45, 2.75) is 0 Å². The van der Waals surface area contributed by atoms with Crippen molar-refractivity contribution in [1.29, 1.82) is 0 Å². The number of hydrogen-bond donors (Lipinski definition) is 1. The van der Waals surface area contributed by atoms with Crippen LogP contribution < -0.4 is 10.1 Å². The van der Waals surface area contributed by atoms with Gasteiger partial charge in [-0.2, -0.15) is 10.2 Å². The first-order chi connectivity index (χ1) is 7.86. The Kier molecular flexibility index (Phi) is 3.00. The summed E-state index contributed by atoms with van der Waals surface area (Å²) in [4.78, 5) is 0. The highest BCUT2D eigenvalue weighted by Crippen LogP contribution is 2.34. The Morgan fingerprint density at radius 3 is 2.69 bits per heavy atom. The molecule has 2 rings (SSSR count). The summed E-state index contributed by atoms with van der Waals surface area (Å²) >= 11 is 0. The Balaban J connectivity index is 2.57. The van der Waals surface area contributed by atoms with Crippen LogP contribution >= 0.6 is 0 Å². The molecule has 4 nitrogen and oxygen atoms in total. The molecule has 0 saturated heterocycles. The van der Waals surface area contributed by atoms with Crippen molar-refractivity contribution < 1.29 is 4.74 Å². The quantitative estimate of drug-likeness (QED) is 0.852. The maximum Gasteiger partial charge on any atom is 0.151 e. The Hall–Kier alpha value is -2.10. The molecule has 1 aromatic heterocycles. The average Bonchev–Trinajstić information content (AvgIpc) is 2.38. The van der Waals surface area contributed by atoms with Gasteiger partial charge in [0.2, 0.25) is 0 Å². The molecule has 0 spiro atoms. The van der Waals surface area contributed by atoms with Gasteiger partial charge in [-0.1, -0.05) is 6.07 Å². The summed E-state index contributed by atoms with van der Waals surface area (Å²) in [5, 5.41) is 11.0. The van der Waals surface area contributed by atoms with Crippen LogP contribution in [0.2, 0.25) is 0 Å². The van der Waals surface area contributed by atoms with Crippen molar-refractivity contribution in [2.24, 2.45) is 0 Å². The fourth-order valence-electron chi connectivity index (χ4n) is 1.60. The molecule has 0 aliphatic carbocycles. The number of ether oxygens (including phenoxy) is 1. The first-order valence-electron chi connectivity index (χ1n) is 4.99. The van der Waals surface area contributed by atoms with E-state index in [1.165, 1.54) is 0 Å². The Labute approximate surface area is 94.3 Å². The van der Waals surface area contributed by atoms with Gasteiger partial charge in [-0.05, 0) is 24.3 Å². The van der Waals surface area contributed by atoms with Crippen LogP contribution in [0.15, 0.2) is 36.5 Å². The lowest BCUT2D eigenvalue weighted by molar-refractivity contribution is 0.418. The normalized spacial score (nSPS) is 9.88. The van der Waals surface area contributed by atoms with E-state index in [2.05, 4.69) is 15.5 Å². The topological polar surface area (TPSA) is 47.0 Å². The zero-order valence-electron chi connectivity index (χ0n) is 9.27. The van der Waals surface area contributed by atoms with Gasteiger partial charge in [0, 0.05) is 18.8 Å². The third-order valence-corrected chi connectivity index (χ3v) is 2.34. The number of para-hydroxylation sites is 1. The zero-order valence-corrected chi connectivity index (χ0v) is 9.27. The van der Waals surface area contributed by atoms with Crippen molar-refractivity contribution in [1.82, 2.24) is 10.2 Å². The minimum Gasteiger partial charge on any atom is -0.494 e. The van der Waals surface area contributed by atoms with E-state index in [0.717, 1.165) is 22.7 Å². The summed E-state index contributed by atoms with van der Waals surface area (Å²) in [6, 6.07) is 9.64. The SMILES string of the molecule is CNc1cccc(-c2cccnn2)c1OC. The van der Waals surface area contributed by atoms with Gasteiger partial charge in [0.15, 0.2) is 5.75 Å². The highest BCUT2D eigenvalue weighted by Gasteiger charge is 2.10. The molecule has 0 aliphatic heterocycles. The van der Waals surface area contributed by atoms with Crippen molar-refractivity contribution >= 4 is 5.69 Å². The number of anilines is 1. The van der Waals surface area contributed by atoms with Gasteiger partial charge >= 0.3 is 0 Å². The van der Waals surface area contributed by atoms with Gasteiger partial charge in [0.1, 0.15) is 0 Å². The summed E-state index contributed by atoms with van der Waals surface area (Å²) in [6.45, 7) is 0. The molecule has 0 aliphatic rings. The molecule has 0 bridgehead atoms. The van der Waals surface area contributed by atoms with Crippen LogP contribution in [0.4, 0.5) is 5.69 Å². The van der Waals surface area contributed by atoms with Gasteiger partial charge in [-0.15, -0.1) is 0 Å². The molecule has 0 saturated carbocycles. The minimum atomic E-state index is 0.783. The Morgan fingerprint density at radius 2 is 2.06 bits per heavy atom. The fourth-order valence-corrected chi connectivity index (χ4v) is 1.60. The molecule has 0 amide bonds. The molecule has 2 aromatic rings. The molecule has 16 heavy (non-hydrogen) atoms. The number of aromatic nitrogens is 2. The molecule has 82 valence electrons. The maximum absolute atomic E-state index is 5.39. The van der Waals surface area contributed by atoms with Crippen LogP contribution in [0.5, 0.6) is 5.75 Å². The highest BCUT2D eigenvalue weighted by atomic mass is 16.5. The van der Waals surface area contributed by atoms with Crippen LogP contribution in [-0.2, 0) is 0 Å². The molecule has 1 aromatic carbocycles. The fraction of sp³-hybridized carbons (Fsp3) is 0.167. The zero-order chi connectivity index (χ0) is 11.4. The monoisotopic (exact) mass is 215 g/mol. The van der Waals surface area contributed by atoms with Crippen molar-refractivity contribution in [3.8, 4) is 17.0 Å². The second kappa shape index (κ2) is 4.61. The van der Waals surface area contributed by atoms with Crippen molar-refractivity contribution in [3.63, 3.8) is 0 Å². The third-order valence-electron chi connectivity index (χ3n) is 2.34. The lowest BCUT2D eigenvalue weighted by Crippen LogP contribution is -1.96. The van der Waals surface area contributed by atoms with Crippen LogP contribution in [-0.4, -0.2) is 24.4 Å². The van der Waals surface area contributed by atoms with Gasteiger partial charge in [-0.3, -0.25) is 0 Å². The van der Waals surface area contributed by atoms with Crippen LogP contribution in [0.25, 0.3) is 11.3 Å². The molecule has 0 atom stereocenters. The maximum atomic E-state index is 5.39. The molecule has 0 fully saturated rings. The average molecular weight is 215 g/mol. The number of hydrogen-bond acceptors (Lipinski definition) is 4. The van der Waals surface area contributed by atoms with Gasteiger partial charge in [0.25, 0.3) is 0 Å². The summed E-state index contributed by atoms with van der Waals surface area (Å²) in [7, 11) is 3.51. The summed E-state index contributed by atoms with van der Waals surface area (Å²) in [5.74, 6) is 0.783. The Bertz CT molecular complexity index is 471. The first kappa shape index (κ1) is 10.4. The van der Waals surface area contributed by atoms with Crippen LogP contribution in [0.1, 0.15) is 0 Å². The second-order valence-corrected chi connectivity index (χ2v) is 3.25. The van der Waals surface area contributed by atoms with E-state index in [4.69, 9.17) is 4.74 Å². The number of nitrogens with one attached hydrogen (secondary N) is 1. The summed E-state index contributed by atoms with van der Waals surface area (Å²) in [6.07, 6.45) is 1.65. The van der Waals surface area contributed by atoms with E-state index >= 15 is 0 Å². The first-order valence-corrected chi connectivity index (χ1v) is 4.99. The van der Waals surface area contributed by atoms with E-state index in [1.54, 1.807) is 13.3 Å². The highest BCUT2D eigenvalue weighted by molar-refractivity contribution is 5.75. The number of benzene rings is 1. The number of methoxy groups -OCH3 is 1. The van der Waals surface area contributed by atoms with E-state index in [1.807, 2.05) is 37.4 Å². The molecule has 1 heterocycles. The molecular weight excluding hydrogens is 202 g/mol. The van der Waals surface area contributed by atoms with Crippen molar-refractivity contribution in [3.05, 3.63) is 36.5 Å². The van der Waals surface area contributed by atoms with Gasteiger partial charge in [0.05, 0.1) is 18.5 Å². The predicted molar refractivity (Wildman–Crippen MR) is 63.6 cm³/mol. The number of rotatable bonds is 3. The Morgan fingerprint density at radius 1 is 1.19 bits per heavy atom. The smallest absolute Gasteiger partial charge is 0.151 e. The summed E-state index contributed by atoms with van der Waals surface area (Å²) < 4.78 is 5.39. The van der Waals surface area contributed by atoms with Crippen LogP contribution in [0.3, 0.4) is 0 Å². The molecule has 0 unspecified atom stereocenters. The van der Waals surface area contributed by atoms with E-state index in [-0.39, 0.29) is 0 Å². The van der Waals surface area contributed by atoms with Crippen molar-refractivity contribution in [2.75, 3.05) is 19.5 Å². The minimum absolute atomic E-state index is 0.783. The largest absolute Gasteiger partial charge is 0.494 e. The standard InChI is InChI=1S/C12H13N3O/c1-13-11-6-3-5-9(12(11)16-2)10-7-4-8-14-15-10/h3-8,13H,1-2H3. The predicted octanol–water partition coefficient (Wildman–Crippen LogP) is 2.19. The van der Waals surface area contributed by atoms with Gasteiger partial charge in [-0.25, -0.2) is 0 Å². The lowest BCUT2D eigenvalue weighted by Gasteiger charge is -2.12. The molecular formula is C12H13N3O. The van der Waals surface area contributed by atoms with E-state index in [9.17, 15) is 0 Å². The summed E-state index contributed by atoms with van der Waals surface area (Å²) in [5.41, 5.74) is 2.67. The van der Waals surface area contributed by atoms with E-state index in [0.29, 0.717) is 0 Å².